The molecule has 0 amide bonds. The van der Waals surface area contributed by atoms with Gasteiger partial charge in [0.1, 0.15) is 5.82 Å². The molecule has 0 aliphatic carbocycles. The third-order valence-electron chi connectivity index (χ3n) is 3.27. The average molecular weight is 301 g/mol. The van der Waals surface area contributed by atoms with Crippen LogP contribution in [0.2, 0.25) is 0 Å². The number of benzene rings is 1. The van der Waals surface area contributed by atoms with E-state index in [1.165, 1.54) is 0 Å². The lowest BCUT2D eigenvalue weighted by atomic mass is 10.1. The Morgan fingerprint density at radius 3 is 2.76 bits per heavy atom. The molecule has 0 radical (unpaired) electrons. The predicted octanol–water partition coefficient (Wildman–Crippen LogP) is 2.34. The summed E-state index contributed by atoms with van der Waals surface area (Å²) in [5.74, 6) is -0.0606. The Morgan fingerprint density at radius 2 is 2.06 bits per heavy atom. The number of hydrogen-bond donors (Lipinski definition) is 1. The molecule has 2 rings (SSSR count). The van der Waals surface area contributed by atoms with Crippen LogP contribution in [-0.2, 0) is 6.42 Å². The lowest BCUT2D eigenvalue weighted by molar-refractivity contribution is 0.243. The highest BCUT2D eigenvalue weighted by Crippen LogP contribution is 2.23. The first-order valence-corrected chi connectivity index (χ1v) is 6.84. The number of nitrogens with zero attached hydrogens (tertiary/aromatic N) is 1. The molecular formula is C13H18BrFN2. The first-order valence-electron chi connectivity index (χ1n) is 6.05. The van der Waals surface area contributed by atoms with Gasteiger partial charge in [0, 0.05) is 42.8 Å². The quantitative estimate of drug-likeness (QED) is 0.922. The molecule has 1 aromatic carbocycles. The second-order valence-corrected chi connectivity index (χ2v) is 5.35. The van der Waals surface area contributed by atoms with E-state index in [0.29, 0.717) is 0 Å². The van der Waals surface area contributed by atoms with Crippen LogP contribution < -0.4 is 5.32 Å². The number of hydrogen-bond acceptors (Lipinski definition) is 2. The molecule has 1 saturated heterocycles. The summed E-state index contributed by atoms with van der Waals surface area (Å²) in [5.41, 5.74) is 1.53. The first-order chi connectivity index (χ1) is 8.18. The summed E-state index contributed by atoms with van der Waals surface area (Å²) in [5, 5.41) is 3.32. The van der Waals surface area contributed by atoms with Crippen molar-refractivity contribution in [1.29, 1.82) is 0 Å². The topological polar surface area (TPSA) is 15.3 Å². The van der Waals surface area contributed by atoms with Crippen molar-refractivity contribution < 1.29 is 4.39 Å². The van der Waals surface area contributed by atoms with E-state index < -0.39 is 0 Å². The Kier molecular flexibility index (Phi) is 4.54. The van der Waals surface area contributed by atoms with Crippen LogP contribution in [0.25, 0.3) is 0 Å². The van der Waals surface area contributed by atoms with Gasteiger partial charge in [-0.15, -0.1) is 0 Å². The smallest absolute Gasteiger partial charge is 0.130 e. The molecule has 1 aliphatic heterocycles. The minimum absolute atomic E-state index is 0.0606. The third-order valence-corrected chi connectivity index (χ3v) is 4.01. The van der Waals surface area contributed by atoms with E-state index in [4.69, 9.17) is 0 Å². The molecule has 1 fully saturated rings. The summed E-state index contributed by atoms with van der Waals surface area (Å²) in [6.07, 6.45) is 0.772. The Morgan fingerprint density at radius 1 is 1.35 bits per heavy atom. The van der Waals surface area contributed by atoms with Gasteiger partial charge < -0.3 is 10.2 Å². The highest BCUT2D eigenvalue weighted by Gasteiger charge is 2.13. The molecule has 17 heavy (non-hydrogen) atoms. The predicted molar refractivity (Wildman–Crippen MR) is 71.9 cm³/mol. The van der Waals surface area contributed by atoms with E-state index in [1.807, 2.05) is 19.1 Å². The maximum Gasteiger partial charge on any atom is 0.130 e. The van der Waals surface area contributed by atoms with E-state index in [9.17, 15) is 4.39 Å². The molecule has 0 spiro atoms. The number of aryl methyl sites for hydroxylation is 1. The number of nitrogens with one attached hydrogen (secondary N) is 1. The largest absolute Gasteiger partial charge is 0.314 e. The van der Waals surface area contributed by atoms with Crippen LogP contribution in [0.15, 0.2) is 16.6 Å². The van der Waals surface area contributed by atoms with Crippen molar-refractivity contribution in [2.45, 2.75) is 13.3 Å². The van der Waals surface area contributed by atoms with Crippen molar-refractivity contribution in [3.63, 3.8) is 0 Å². The maximum absolute atomic E-state index is 14.0. The van der Waals surface area contributed by atoms with Crippen LogP contribution in [-0.4, -0.2) is 37.6 Å². The van der Waals surface area contributed by atoms with Crippen LogP contribution in [0.4, 0.5) is 4.39 Å². The van der Waals surface area contributed by atoms with Crippen LogP contribution >= 0.6 is 15.9 Å². The van der Waals surface area contributed by atoms with Crippen molar-refractivity contribution >= 4 is 15.9 Å². The summed E-state index contributed by atoms with van der Waals surface area (Å²) in [4.78, 5) is 2.38. The first kappa shape index (κ1) is 13.0. The van der Waals surface area contributed by atoms with Gasteiger partial charge in [-0.1, -0.05) is 22.0 Å². The SMILES string of the molecule is Cc1ccc(Br)c(CCN2CCNCC2)c1F. The Hall–Kier alpha value is -0.450. The second kappa shape index (κ2) is 5.94. The minimum atomic E-state index is -0.0606. The van der Waals surface area contributed by atoms with Gasteiger partial charge in [0.2, 0.25) is 0 Å². The summed E-state index contributed by atoms with van der Waals surface area (Å²) < 4.78 is 14.8. The summed E-state index contributed by atoms with van der Waals surface area (Å²) in [6, 6.07) is 3.75. The molecule has 1 N–H and O–H groups in total. The number of piperazine rings is 1. The summed E-state index contributed by atoms with van der Waals surface area (Å²) in [7, 11) is 0. The van der Waals surface area contributed by atoms with Gasteiger partial charge in [-0.3, -0.25) is 0 Å². The van der Waals surface area contributed by atoms with Gasteiger partial charge in [0.25, 0.3) is 0 Å². The van der Waals surface area contributed by atoms with Crippen molar-refractivity contribution in [2.75, 3.05) is 32.7 Å². The molecule has 94 valence electrons. The van der Waals surface area contributed by atoms with Crippen LogP contribution in [0.1, 0.15) is 11.1 Å². The fourth-order valence-electron chi connectivity index (χ4n) is 2.15. The van der Waals surface area contributed by atoms with Gasteiger partial charge in [0.05, 0.1) is 0 Å². The zero-order chi connectivity index (χ0) is 12.3. The summed E-state index contributed by atoms with van der Waals surface area (Å²) >= 11 is 3.44. The van der Waals surface area contributed by atoms with Gasteiger partial charge in [-0.25, -0.2) is 4.39 Å². The molecule has 0 aromatic heterocycles. The van der Waals surface area contributed by atoms with Gasteiger partial charge in [0.15, 0.2) is 0 Å². The van der Waals surface area contributed by atoms with E-state index >= 15 is 0 Å². The molecule has 0 atom stereocenters. The fraction of sp³-hybridized carbons (Fsp3) is 0.538. The third kappa shape index (κ3) is 3.27. The number of halogens is 2. The van der Waals surface area contributed by atoms with E-state index in [2.05, 4.69) is 26.1 Å². The summed E-state index contributed by atoms with van der Waals surface area (Å²) in [6.45, 7) is 6.95. The lowest BCUT2D eigenvalue weighted by Crippen LogP contribution is -2.44. The molecule has 4 heteroatoms. The minimum Gasteiger partial charge on any atom is -0.314 e. The Balaban J connectivity index is 2.00. The van der Waals surface area contributed by atoms with Crippen molar-refractivity contribution in [2.24, 2.45) is 0 Å². The fourth-order valence-corrected chi connectivity index (χ4v) is 2.65. The highest BCUT2D eigenvalue weighted by molar-refractivity contribution is 9.10. The molecule has 2 nitrogen and oxygen atoms in total. The van der Waals surface area contributed by atoms with E-state index in [-0.39, 0.29) is 5.82 Å². The highest BCUT2D eigenvalue weighted by atomic mass is 79.9. The van der Waals surface area contributed by atoms with Crippen molar-refractivity contribution in [1.82, 2.24) is 10.2 Å². The average Bonchev–Trinajstić information content (AvgIpc) is 2.35. The molecule has 1 aromatic rings. The monoisotopic (exact) mass is 300 g/mol. The normalized spacial score (nSPS) is 17.4. The van der Waals surface area contributed by atoms with Crippen LogP contribution in [0, 0.1) is 12.7 Å². The van der Waals surface area contributed by atoms with Crippen LogP contribution in [0.5, 0.6) is 0 Å². The number of rotatable bonds is 3. The standard InChI is InChI=1S/C13H18BrFN2/c1-10-2-3-12(14)11(13(10)15)4-7-17-8-5-16-6-9-17/h2-3,16H,4-9H2,1H3. The maximum atomic E-state index is 14.0. The molecule has 0 bridgehead atoms. The molecule has 0 saturated carbocycles. The molecular weight excluding hydrogens is 283 g/mol. The Labute approximate surface area is 110 Å². The van der Waals surface area contributed by atoms with Gasteiger partial charge >= 0.3 is 0 Å². The Bertz CT molecular complexity index is 389. The molecule has 1 aliphatic rings. The zero-order valence-electron chi connectivity index (χ0n) is 10.1. The molecule has 1 heterocycles. The van der Waals surface area contributed by atoms with Gasteiger partial charge in [-0.05, 0) is 25.0 Å². The van der Waals surface area contributed by atoms with Crippen LogP contribution in [0.3, 0.4) is 0 Å². The second-order valence-electron chi connectivity index (χ2n) is 4.50. The van der Waals surface area contributed by atoms with Gasteiger partial charge in [-0.2, -0.15) is 0 Å². The van der Waals surface area contributed by atoms with E-state index in [0.717, 1.165) is 54.7 Å². The van der Waals surface area contributed by atoms with Crippen molar-refractivity contribution in [3.8, 4) is 0 Å². The lowest BCUT2D eigenvalue weighted by Gasteiger charge is -2.27. The molecule has 0 unspecified atom stereocenters. The van der Waals surface area contributed by atoms with E-state index in [1.54, 1.807) is 0 Å². The van der Waals surface area contributed by atoms with Crippen molar-refractivity contribution in [3.05, 3.63) is 33.5 Å². The zero-order valence-corrected chi connectivity index (χ0v) is 11.7.